The van der Waals surface area contributed by atoms with Crippen molar-refractivity contribution in [1.29, 1.82) is 0 Å². The molecule has 6 aromatic rings. The van der Waals surface area contributed by atoms with Crippen LogP contribution in [0.5, 0.6) is 0 Å². The number of rotatable bonds is 15. The van der Waals surface area contributed by atoms with Crippen molar-refractivity contribution in [3.05, 3.63) is 123 Å². The predicted molar refractivity (Wildman–Crippen MR) is 255 cm³/mol. The summed E-state index contributed by atoms with van der Waals surface area (Å²) in [4.78, 5) is 21.4. The van der Waals surface area contributed by atoms with E-state index in [-0.39, 0.29) is 39.9 Å². The highest BCUT2D eigenvalue weighted by Crippen LogP contribution is 2.38. The molecule has 370 valence electrons. The Labute approximate surface area is 407 Å². The van der Waals surface area contributed by atoms with Crippen LogP contribution in [0.4, 0.5) is 51.7 Å². The molecule has 1 aliphatic rings. The lowest BCUT2D eigenvalue weighted by Gasteiger charge is -2.21. The van der Waals surface area contributed by atoms with E-state index in [2.05, 4.69) is 46.2 Å². The maximum Gasteiger partial charge on any atom is 0.296 e. The zero-order chi connectivity index (χ0) is 52.0. The lowest BCUT2D eigenvalue weighted by molar-refractivity contribution is 0.106. The Kier molecular flexibility index (Phi) is 14.0. The van der Waals surface area contributed by atoms with Crippen molar-refractivity contribution in [2.75, 3.05) is 21.4 Å². The summed E-state index contributed by atoms with van der Waals surface area (Å²) >= 11 is 6.12. The average Bonchev–Trinajstić information content (AvgIpc) is 3.25. The van der Waals surface area contributed by atoms with Crippen LogP contribution in [0.15, 0.2) is 131 Å². The normalized spacial score (nSPS) is 14.0. The summed E-state index contributed by atoms with van der Waals surface area (Å²) < 4.78 is 174. The number of aryl methyl sites for hydroxylation is 2. The van der Waals surface area contributed by atoms with Crippen LogP contribution in [0, 0.1) is 13.8 Å². The monoisotopic (exact) mass is 1090 g/mol. The van der Waals surface area contributed by atoms with E-state index < -0.39 is 109 Å². The summed E-state index contributed by atoms with van der Waals surface area (Å²) in [5, 5.41) is 19.7. The SMILES string of the molecule is Cc1cc(Nc2nc(Cl)nc(Nc3cccc(S(=O)(=O)O)c3)n2)c(C)cc1N=Nc1cc(S(=O)(=O)O)c(NN=C2C(=O)c3c(cc(S(=O)(=O)O)cc3Nc3ccccc3)C=C2S(=O)(=O)O)cc1S(=O)(=O)O. The number of hydrogen-bond acceptors (Lipinski definition) is 21. The summed E-state index contributed by atoms with van der Waals surface area (Å²) in [6.07, 6.45) is 0.609. The minimum atomic E-state index is -5.47. The maximum absolute atomic E-state index is 14.1. The van der Waals surface area contributed by atoms with Gasteiger partial charge in [0.05, 0.1) is 32.4 Å². The van der Waals surface area contributed by atoms with Gasteiger partial charge in [-0.1, -0.05) is 24.3 Å². The third-order valence-corrected chi connectivity index (χ3v) is 14.2. The molecule has 0 amide bonds. The lowest BCUT2D eigenvalue weighted by atomic mass is 9.92. The van der Waals surface area contributed by atoms with Crippen LogP contribution in [-0.2, 0) is 50.6 Å². The fourth-order valence-corrected chi connectivity index (χ4v) is 9.68. The third kappa shape index (κ3) is 12.1. The van der Waals surface area contributed by atoms with E-state index in [1.54, 1.807) is 25.1 Å². The van der Waals surface area contributed by atoms with Crippen LogP contribution in [0.2, 0.25) is 5.28 Å². The first-order valence-electron chi connectivity index (χ1n) is 19.2. The number of carbonyl (C=O) groups is 1. The standard InChI is InChI=1S/C39H31ClN10O16S5/c1-19-12-27(20(2)11-26(19)43-39-45-37(40)44-38(46-39)42-23-9-6-10-24(15-23)67(52,53)54)47-48-28-17-32(70(61,62)63)29(18-31(28)69(58,59)60)49-50-35-33(71(64,65)66)14-21-13-25(68(55,56)57)16-30(34(21)36(35)51)41-22-7-4-3-5-8-22/h3-18,41,49H,1-2H3,(H,52,53,54)(H,55,56,57)(H,58,59,60)(H,61,62,63)(H,64,65,66)(H2,42,43,44,45,46). The molecule has 1 heterocycles. The number of hydrogen-bond donors (Lipinski definition) is 9. The molecule has 7 rings (SSSR count). The quantitative estimate of drug-likeness (QED) is 0.0294. The first-order valence-corrected chi connectivity index (χ1v) is 26.8. The number of aromatic nitrogens is 3. The lowest BCUT2D eigenvalue weighted by Crippen LogP contribution is -2.28. The number of anilines is 7. The number of benzene rings is 5. The van der Waals surface area contributed by atoms with Crippen molar-refractivity contribution < 1.29 is 69.6 Å². The maximum atomic E-state index is 14.1. The van der Waals surface area contributed by atoms with E-state index in [9.17, 15) is 69.6 Å². The first kappa shape index (κ1) is 51.7. The van der Waals surface area contributed by atoms with E-state index in [4.69, 9.17) is 11.6 Å². The second-order valence-electron chi connectivity index (χ2n) is 14.7. The van der Waals surface area contributed by atoms with Crippen molar-refractivity contribution in [3.8, 4) is 0 Å². The number of Topliss-reactive ketones (excluding diaryl/α,β-unsaturated/α-hetero) is 1. The van der Waals surface area contributed by atoms with Gasteiger partial charge in [0.15, 0.2) is 5.71 Å². The minimum Gasteiger partial charge on any atom is -0.355 e. The average molecular weight is 1090 g/mol. The number of allylic oxidation sites excluding steroid dienone is 1. The topological polar surface area (TPSA) is 413 Å². The van der Waals surface area contributed by atoms with Crippen LogP contribution >= 0.6 is 11.6 Å². The van der Waals surface area contributed by atoms with E-state index in [0.29, 0.717) is 35.0 Å². The molecule has 0 aliphatic heterocycles. The zero-order valence-electron chi connectivity index (χ0n) is 35.6. The molecular formula is C39H31ClN10O16S5. The molecule has 0 bridgehead atoms. The second-order valence-corrected chi connectivity index (χ2v) is 22.1. The smallest absolute Gasteiger partial charge is 0.296 e. The number of azo groups is 1. The van der Waals surface area contributed by atoms with Crippen molar-refractivity contribution in [3.63, 3.8) is 0 Å². The third-order valence-electron chi connectivity index (χ3n) is 9.69. The first-order chi connectivity index (χ1) is 32.9. The van der Waals surface area contributed by atoms with E-state index >= 15 is 0 Å². The molecule has 0 radical (unpaired) electrons. The minimum absolute atomic E-state index is 0.0385. The van der Waals surface area contributed by atoms with Gasteiger partial charge in [-0.25, -0.2) is 0 Å². The Morgan fingerprint density at radius 3 is 1.77 bits per heavy atom. The van der Waals surface area contributed by atoms with Gasteiger partial charge in [0.2, 0.25) is 23.0 Å². The van der Waals surface area contributed by atoms with Gasteiger partial charge < -0.3 is 16.0 Å². The summed E-state index contributed by atoms with van der Waals surface area (Å²) in [5.41, 5.74) is -0.781. The number of ketones is 1. The van der Waals surface area contributed by atoms with Gasteiger partial charge in [0.25, 0.3) is 50.6 Å². The van der Waals surface area contributed by atoms with Crippen LogP contribution in [0.3, 0.4) is 0 Å². The molecule has 0 saturated heterocycles. The van der Waals surface area contributed by atoms with Crippen molar-refractivity contribution in [2.24, 2.45) is 15.3 Å². The van der Waals surface area contributed by atoms with Crippen molar-refractivity contribution >= 4 is 131 Å². The van der Waals surface area contributed by atoms with Gasteiger partial charge in [0, 0.05) is 17.1 Å². The molecule has 26 nitrogen and oxygen atoms in total. The van der Waals surface area contributed by atoms with Crippen molar-refractivity contribution in [2.45, 2.75) is 33.4 Å². The highest BCUT2D eigenvalue weighted by atomic mass is 35.5. The highest BCUT2D eigenvalue weighted by Gasteiger charge is 2.36. The summed E-state index contributed by atoms with van der Waals surface area (Å²) in [5.74, 6) is -1.60. The molecule has 71 heavy (non-hydrogen) atoms. The number of halogens is 1. The second kappa shape index (κ2) is 19.2. The Morgan fingerprint density at radius 1 is 0.535 bits per heavy atom. The molecule has 1 aliphatic carbocycles. The number of hydrazone groups is 1. The van der Waals surface area contributed by atoms with E-state index in [0.717, 1.165) is 24.3 Å². The Hall–Kier alpha value is -7.17. The Balaban J connectivity index is 1.23. The Morgan fingerprint density at radius 2 is 1.15 bits per heavy atom. The molecule has 0 atom stereocenters. The number of nitrogens with zero attached hydrogens (tertiary/aromatic N) is 6. The Bertz CT molecular complexity index is 3920. The molecule has 0 fully saturated rings. The van der Waals surface area contributed by atoms with Crippen LogP contribution in [0.25, 0.3) is 6.08 Å². The summed E-state index contributed by atoms with van der Waals surface area (Å²) in [6.45, 7) is 3.11. The number of carbonyl (C=O) groups excluding carboxylic acids is 1. The van der Waals surface area contributed by atoms with Gasteiger partial charge in [-0.15, -0.1) is 5.11 Å². The zero-order valence-corrected chi connectivity index (χ0v) is 40.4. The molecule has 0 spiro atoms. The predicted octanol–water partition coefficient (Wildman–Crippen LogP) is 6.67. The van der Waals surface area contributed by atoms with Gasteiger partial charge in [-0.05, 0) is 115 Å². The molecule has 32 heteroatoms. The van der Waals surface area contributed by atoms with Crippen molar-refractivity contribution in [1.82, 2.24) is 15.0 Å². The largest absolute Gasteiger partial charge is 0.355 e. The highest BCUT2D eigenvalue weighted by molar-refractivity contribution is 7.91. The number of para-hydroxylation sites is 1. The fourth-order valence-electron chi connectivity index (χ4n) is 6.52. The molecule has 0 saturated carbocycles. The van der Waals surface area contributed by atoms with Gasteiger partial charge in [0.1, 0.15) is 20.4 Å². The van der Waals surface area contributed by atoms with Gasteiger partial charge in [-0.3, -0.25) is 33.0 Å². The van der Waals surface area contributed by atoms with Gasteiger partial charge in [-0.2, -0.15) is 67.3 Å². The van der Waals surface area contributed by atoms with Gasteiger partial charge >= 0.3 is 0 Å². The van der Waals surface area contributed by atoms with E-state index in [1.165, 1.54) is 43.3 Å². The molecule has 5 aromatic carbocycles. The molecule has 0 unspecified atom stereocenters. The molecule has 1 aromatic heterocycles. The van der Waals surface area contributed by atoms with Crippen LogP contribution < -0.4 is 21.4 Å². The van der Waals surface area contributed by atoms with E-state index in [1.807, 2.05) is 5.43 Å². The summed E-state index contributed by atoms with van der Waals surface area (Å²) in [7, 11) is -25.8. The molecular weight excluding hydrogens is 1060 g/mol. The molecule has 9 N–H and O–H groups in total. The number of nitrogens with one attached hydrogen (secondary N) is 4. The number of fused-ring (bicyclic) bond motifs is 1. The fraction of sp³-hybridized carbons (Fsp3) is 0.0513. The summed E-state index contributed by atoms with van der Waals surface area (Å²) in [6, 6.07) is 18.1. The van der Waals surface area contributed by atoms with Crippen LogP contribution in [0.1, 0.15) is 27.0 Å². The van der Waals surface area contributed by atoms with Crippen LogP contribution in [-0.4, -0.2) is 91.3 Å².